The number of hydrogen-bond donors (Lipinski definition) is 1. The SMILES string of the molecule is CCCCCCCCCCC(CCCCC)c1[nH]cc[n+]1C(C)CCCCCC. The van der Waals surface area contributed by atoms with E-state index in [9.17, 15) is 0 Å². The Kier molecular flexibility index (Phi) is 16.3. The second kappa shape index (κ2) is 18.0. The summed E-state index contributed by atoms with van der Waals surface area (Å²) >= 11 is 0. The molecule has 2 atom stereocenters. The van der Waals surface area contributed by atoms with Crippen LogP contribution in [0.4, 0.5) is 0 Å². The maximum absolute atomic E-state index is 3.65. The Hall–Kier alpha value is -0.790. The summed E-state index contributed by atoms with van der Waals surface area (Å²) in [7, 11) is 0. The van der Waals surface area contributed by atoms with Crippen molar-refractivity contribution in [1.29, 1.82) is 0 Å². The maximum Gasteiger partial charge on any atom is 0.257 e. The molecule has 0 saturated carbocycles. The predicted octanol–water partition coefficient (Wildman–Crippen LogP) is 9.03. The molecule has 0 aliphatic rings. The molecule has 1 N–H and O–H groups in total. The fourth-order valence-electron chi connectivity index (χ4n) is 4.66. The molecule has 0 aliphatic carbocycles. The zero-order chi connectivity index (χ0) is 21.2. The zero-order valence-electron chi connectivity index (χ0n) is 20.5. The third-order valence-electron chi connectivity index (χ3n) is 6.64. The van der Waals surface area contributed by atoms with Crippen LogP contribution in [0.2, 0.25) is 0 Å². The van der Waals surface area contributed by atoms with Crippen molar-refractivity contribution in [2.24, 2.45) is 0 Å². The Balaban J connectivity index is 2.50. The molecule has 1 aromatic heterocycles. The summed E-state index contributed by atoms with van der Waals surface area (Å²) in [5.74, 6) is 2.22. The molecule has 1 heterocycles. The van der Waals surface area contributed by atoms with Crippen molar-refractivity contribution in [1.82, 2.24) is 4.98 Å². The van der Waals surface area contributed by atoms with Crippen molar-refractivity contribution in [2.75, 3.05) is 0 Å². The van der Waals surface area contributed by atoms with E-state index in [4.69, 9.17) is 0 Å². The summed E-state index contributed by atoms with van der Waals surface area (Å²) in [6.07, 6.45) is 29.4. The average Bonchev–Trinajstić information content (AvgIpc) is 3.21. The van der Waals surface area contributed by atoms with E-state index in [1.807, 2.05) is 0 Å². The van der Waals surface area contributed by atoms with Gasteiger partial charge in [-0.3, -0.25) is 0 Å². The lowest BCUT2D eigenvalue weighted by Gasteiger charge is -2.17. The van der Waals surface area contributed by atoms with E-state index in [1.54, 1.807) is 0 Å². The summed E-state index contributed by atoms with van der Waals surface area (Å²) in [6, 6.07) is 0.625. The van der Waals surface area contributed by atoms with Crippen molar-refractivity contribution in [2.45, 2.75) is 155 Å². The Morgan fingerprint density at radius 2 is 1.10 bits per heavy atom. The van der Waals surface area contributed by atoms with Crippen LogP contribution in [0.5, 0.6) is 0 Å². The molecule has 0 aromatic carbocycles. The molecule has 2 heteroatoms. The van der Waals surface area contributed by atoms with E-state index in [2.05, 4.69) is 49.6 Å². The highest BCUT2D eigenvalue weighted by atomic mass is 15.1. The van der Waals surface area contributed by atoms with E-state index in [-0.39, 0.29) is 0 Å². The Morgan fingerprint density at radius 3 is 1.72 bits per heavy atom. The van der Waals surface area contributed by atoms with Gasteiger partial charge in [0.25, 0.3) is 5.82 Å². The third kappa shape index (κ3) is 11.8. The summed E-state index contributed by atoms with van der Waals surface area (Å²) in [5.41, 5.74) is 0. The molecule has 0 aliphatic heterocycles. The first-order chi connectivity index (χ1) is 14.2. The highest BCUT2D eigenvalue weighted by Gasteiger charge is 2.25. The molecule has 0 saturated heterocycles. The van der Waals surface area contributed by atoms with Crippen LogP contribution in [0.25, 0.3) is 0 Å². The molecule has 1 rings (SSSR count). The molecule has 0 amide bonds. The van der Waals surface area contributed by atoms with Gasteiger partial charge >= 0.3 is 0 Å². The molecule has 2 unspecified atom stereocenters. The van der Waals surface area contributed by atoms with Gasteiger partial charge in [-0.2, -0.15) is 0 Å². The Bertz CT molecular complexity index is 465. The number of hydrogen-bond acceptors (Lipinski definition) is 0. The molecule has 0 radical (unpaired) electrons. The summed E-state index contributed by atoms with van der Waals surface area (Å²) in [5, 5.41) is 0. The number of unbranched alkanes of at least 4 members (excludes halogenated alkanes) is 12. The van der Waals surface area contributed by atoms with E-state index in [0.29, 0.717) is 6.04 Å². The normalized spacial score (nSPS) is 13.7. The van der Waals surface area contributed by atoms with Crippen LogP contribution >= 0.6 is 0 Å². The molecular weight excluding hydrogens is 352 g/mol. The lowest BCUT2D eigenvalue weighted by molar-refractivity contribution is -0.727. The highest BCUT2D eigenvalue weighted by Crippen LogP contribution is 2.27. The lowest BCUT2D eigenvalue weighted by atomic mass is 9.93. The van der Waals surface area contributed by atoms with Gasteiger partial charge in [0.1, 0.15) is 12.4 Å². The van der Waals surface area contributed by atoms with Crippen LogP contribution in [0, 0.1) is 0 Å². The molecule has 0 spiro atoms. The van der Waals surface area contributed by atoms with Crippen LogP contribution in [0.3, 0.4) is 0 Å². The van der Waals surface area contributed by atoms with Crippen LogP contribution in [0.1, 0.15) is 161 Å². The van der Waals surface area contributed by atoms with E-state index < -0.39 is 0 Å². The van der Waals surface area contributed by atoms with Crippen LogP contribution in [-0.2, 0) is 0 Å². The fraction of sp³-hybridized carbons (Fsp3) is 0.889. The fourth-order valence-corrected chi connectivity index (χ4v) is 4.66. The molecule has 0 bridgehead atoms. The van der Waals surface area contributed by atoms with Gasteiger partial charge in [-0.15, -0.1) is 0 Å². The zero-order valence-corrected chi connectivity index (χ0v) is 20.5. The number of nitrogens with zero attached hydrogens (tertiary/aromatic N) is 1. The van der Waals surface area contributed by atoms with Gasteiger partial charge in [-0.25, -0.2) is 9.55 Å². The van der Waals surface area contributed by atoms with Gasteiger partial charge in [0, 0.05) is 0 Å². The van der Waals surface area contributed by atoms with Gasteiger partial charge in [0.15, 0.2) is 0 Å². The quantitative estimate of drug-likeness (QED) is 0.165. The monoisotopic (exact) mass is 405 g/mol. The maximum atomic E-state index is 3.65. The second-order valence-corrected chi connectivity index (χ2v) is 9.41. The van der Waals surface area contributed by atoms with Crippen molar-refractivity contribution in [3.05, 3.63) is 18.2 Å². The standard InChI is InChI=1S/C27H52N2/c1-5-8-11-13-14-15-16-19-22-26(21-17-10-7-3)27-28-23-24-29(27)25(4)20-18-12-9-6-2/h23-26H,5-22H2,1-4H3/p+1. The van der Waals surface area contributed by atoms with Crippen LogP contribution < -0.4 is 4.57 Å². The molecule has 2 nitrogen and oxygen atoms in total. The average molecular weight is 406 g/mol. The van der Waals surface area contributed by atoms with Gasteiger partial charge in [-0.1, -0.05) is 111 Å². The van der Waals surface area contributed by atoms with Gasteiger partial charge in [-0.05, 0) is 32.6 Å². The molecule has 1 aromatic rings. The van der Waals surface area contributed by atoms with E-state index in [1.165, 1.54) is 121 Å². The molecular formula is C27H53N2+. The minimum absolute atomic E-state index is 0.625. The van der Waals surface area contributed by atoms with Crippen molar-refractivity contribution < 1.29 is 4.57 Å². The first-order valence-electron chi connectivity index (χ1n) is 13.3. The summed E-state index contributed by atoms with van der Waals surface area (Å²) in [4.78, 5) is 3.65. The second-order valence-electron chi connectivity index (χ2n) is 9.41. The minimum atomic E-state index is 0.625. The van der Waals surface area contributed by atoms with Gasteiger partial charge in [0.05, 0.1) is 12.0 Å². The smallest absolute Gasteiger partial charge is 0.247 e. The number of nitrogens with one attached hydrogen (secondary N) is 1. The lowest BCUT2D eigenvalue weighted by Crippen LogP contribution is -2.41. The van der Waals surface area contributed by atoms with Crippen molar-refractivity contribution in [3.63, 3.8) is 0 Å². The van der Waals surface area contributed by atoms with E-state index >= 15 is 0 Å². The predicted molar refractivity (Wildman–Crippen MR) is 129 cm³/mol. The molecule has 0 fully saturated rings. The number of imidazole rings is 1. The molecule has 29 heavy (non-hydrogen) atoms. The first kappa shape index (κ1) is 26.2. The van der Waals surface area contributed by atoms with E-state index in [0.717, 1.165) is 5.92 Å². The number of aromatic nitrogens is 2. The van der Waals surface area contributed by atoms with Crippen LogP contribution in [0.15, 0.2) is 12.4 Å². The highest BCUT2D eigenvalue weighted by molar-refractivity contribution is 4.90. The van der Waals surface area contributed by atoms with Crippen molar-refractivity contribution in [3.8, 4) is 0 Å². The largest absolute Gasteiger partial charge is 0.257 e. The van der Waals surface area contributed by atoms with Crippen molar-refractivity contribution >= 4 is 0 Å². The van der Waals surface area contributed by atoms with Gasteiger partial charge < -0.3 is 0 Å². The van der Waals surface area contributed by atoms with Gasteiger partial charge in [0.2, 0.25) is 0 Å². The Morgan fingerprint density at radius 1 is 0.655 bits per heavy atom. The number of H-pyrrole nitrogens is 1. The first-order valence-corrected chi connectivity index (χ1v) is 13.3. The summed E-state index contributed by atoms with van der Waals surface area (Å²) < 4.78 is 2.58. The summed E-state index contributed by atoms with van der Waals surface area (Å²) in [6.45, 7) is 9.34. The van der Waals surface area contributed by atoms with Crippen LogP contribution in [-0.4, -0.2) is 4.98 Å². The molecule has 170 valence electrons. The third-order valence-corrected chi connectivity index (χ3v) is 6.64. The Labute approximate surface area is 183 Å². The topological polar surface area (TPSA) is 19.7 Å². The number of rotatable bonds is 20. The number of aromatic amines is 1. The minimum Gasteiger partial charge on any atom is -0.247 e.